The molecule has 1 aromatic carbocycles. The maximum absolute atomic E-state index is 11.9. The molecule has 0 aromatic heterocycles. The lowest BCUT2D eigenvalue weighted by Gasteiger charge is -2.09. The third-order valence-electron chi connectivity index (χ3n) is 4.07. The Morgan fingerprint density at radius 2 is 1.64 bits per heavy atom. The van der Waals surface area contributed by atoms with Crippen LogP contribution in [0.1, 0.15) is 69.4 Å². The van der Waals surface area contributed by atoms with Crippen molar-refractivity contribution in [3.63, 3.8) is 0 Å². The minimum absolute atomic E-state index is 0.0663. The second-order valence-corrected chi connectivity index (χ2v) is 7.05. The molecule has 0 bridgehead atoms. The number of hydrogen-bond donors (Lipinski definition) is 1. The first-order chi connectivity index (χ1) is 10.6. The summed E-state index contributed by atoms with van der Waals surface area (Å²) < 4.78 is 0. The van der Waals surface area contributed by atoms with Gasteiger partial charge in [-0.3, -0.25) is 4.79 Å². The van der Waals surface area contributed by atoms with Gasteiger partial charge >= 0.3 is 0 Å². The first-order valence-corrected chi connectivity index (χ1v) is 9.63. The molecular weight excluding hydrogens is 290 g/mol. The molecule has 1 aromatic rings. The highest BCUT2D eigenvalue weighted by atomic mass is 32.2. The average Bonchev–Trinajstić information content (AvgIpc) is 2.50. The van der Waals surface area contributed by atoms with Gasteiger partial charge in [-0.1, -0.05) is 75.8 Å². The molecule has 0 heterocycles. The van der Waals surface area contributed by atoms with E-state index in [1.165, 1.54) is 62.3 Å². The van der Waals surface area contributed by atoms with E-state index in [1.54, 1.807) is 0 Å². The van der Waals surface area contributed by atoms with Crippen LogP contribution >= 0.6 is 11.8 Å². The van der Waals surface area contributed by atoms with Gasteiger partial charge in [-0.15, -0.1) is 0 Å². The molecule has 0 radical (unpaired) electrons. The van der Waals surface area contributed by atoms with Gasteiger partial charge in [0.15, 0.2) is 0 Å². The molecular formula is C19H31NOS. The molecule has 22 heavy (non-hydrogen) atoms. The molecule has 3 heteroatoms. The third kappa shape index (κ3) is 7.88. The summed E-state index contributed by atoms with van der Waals surface area (Å²) in [4.78, 5) is 11.9. The number of thioether (sulfide) groups is 1. The number of carbonyl (C=O) groups is 1. The lowest BCUT2D eigenvalue weighted by Crippen LogP contribution is -2.07. The number of aryl methyl sites for hydroxylation is 1. The maximum Gasteiger partial charge on any atom is 0.283 e. The van der Waals surface area contributed by atoms with Crippen LogP contribution in [0.2, 0.25) is 0 Å². The van der Waals surface area contributed by atoms with Crippen LogP contribution in [0.4, 0.5) is 10.5 Å². The Morgan fingerprint density at radius 3 is 2.32 bits per heavy atom. The summed E-state index contributed by atoms with van der Waals surface area (Å²) in [7, 11) is 0. The van der Waals surface area contributed by atoms with Crippen LogP contribution in [0.5, 0.6) is 0 Å². The molecule has 1 rings (SSSR count). The third-order valence-corrected chi connectivity index (χ3v) is 4.93. The summed E-state index contributed by atoms with van der Waals surface area (Å²) >= 11 is 1.41. The maximum atomic E-state index is 11.9. The number of anilines is 1. The summed E-state index contributed by atoms with van der Waals surface area (Å²) in [6.07, 6.45) is 10.5. The van der Waals surface area contributed by atoms with Gasteiger partial charge < -0.3 is 5.32 Å². The summed E-state index contributed by atoms with van der Waals surface area (Å²) in [5.74, 6) is 0.922. The van der Waals surface area contributed by atoms with E-state index < -0.39 is 0 Å². The Labute approximate surface area is 140 Å². The van der Waals surface area contributed by atoms with Crippen molar-refractivity contribution in [2.75, 3.05) is 11.1 Å². The number of carbonyl (C=O) groups excluding carboxylic acids is 1. The fourth-order valence-corrected chi connectivity index (χ4v) is 3.15. The highest BCUT2D eigenvalue weighted by molar-refractivity contribution is 8.13. The van der Waals surface area contributed by atoms with E-state index in [0.29, 0.717) is 0 Å². The predicted octanol–water partition coefficient (Wildman–Crippen LogP) is 6.71. The van der Waals surface area contributed by atoms with Crippen molar-refractivity contribution < 1.29 is 4.79 Å². The first kappa shape index (κ1) is 19.1. The molecule has 0 aliphatic heterocycles. The summed E-state index contributed by atoms with van der Waals surface area (Å²) in [5.41, 5.74) is 3.31. The van der Waals surface area contributed by atoms with Crippen molar-refractivity contribution in [2.45, 2.75) is 72.1 Å². The van der Waals surface area contributed by atoms with Gasteiger partial charge in [0, 0.05) is 11.4 Å². The molecule has 1 N–H and O–H groups in total. The minimum Gasteiger partial charge on any atom is -0.317 e. The van der Waals surface area contributed by atoms with Crippen LogP contribution in [0.3, 0.4) is 0 Å². The van der Waals surface area contributed by atoms with Crippen LogP contribution in [0.15, 0.2) is 18.2 Å². The standard InChI is InChI=1S/C19H31NOS/c1-4-5-6-7-8-9-10-11-15-22-19(21)20-18-14-12-13-16(2)17(18)3/h12-14H,4-11,15H2,1-3H3,(H,20,21). The van der Waals surface area contributed by atoms with Gasteiger partial charge in [0.05, 0.1) is 0 Å². The van der Waals surface area contributed by atoms with E-state index in [0.717, 1.165) is 23.4 Å². The number of unbranched alkanes of at least 4 members (excludes halogenated alkanes) is 7. The Bertz CT molecular complexity index is 445. The Morgan fingerprint density at radius 1 is 1.00 bits per heavy atom. The molecule has 1 amide bonds. The molecule has 0 aliphatic carbocycles. The fraction of sp³-hybridized carbons (Fsp3) is 0.632. The predicted molar refractivity (Wildman–Crippen MR) is 100 cm³/mol. The highest BCUT2D eigenvalue weighted by Crippen LogP contribution is 2.20. The zero-order chi connectivity index (χ0) is 16.2. The monoisotopic (exact) mass is 321 g/mol. The van der Waals surface area contributed by atoms with E-state index in [-0.39, 0.29) is 5.24 Å². The van der Waals surface area contributed by atoms with Crippen molar-refractivity contribution >= 4 is 22.7 Å². The van der Waals surface area contributed by atoms with E-state index in [9.17, 15) is 4.79 Å². The minimum atomic E-state index is 0.0663. The van der Waals surface area contributed by atoms with E-state index in [1.807, 2.05) is 19.1 Å². The van der Waals surface area contributed by atoms with Crippen LogP contribution in [0.25, 0.3) is 0 Å². The molecule has 124 valence electrons. The molecule has 0 aliphatic rings. The zero-order valence-corrected chi connectivity index (χ0v) is 15.2. The van der Waals surface area contributed by atoms with Crippen molar-refractivity contribution in [2.24, 2.45) is 0 Å². The number of nitrogens with one attached hydrogen (secondary N) is 1. The van der Waals surface area contributed by atoms with Crippen LogP contribution in [-0.2, 0) is 0 Å². The second-order valence-electron chi connectivity index (χ2n) is 5.98. The van der Waals surface area contributed by atoms with Crippen LogP contribution in [-0.4, -0.2) is 11.0 Å². The molecule has 0 saturated heterocycles. The second kappa shape index (κ2) is 11.6. The van der Waals surface area contributed by atoms with Crippen LogP contribution < -0.4 is 5.32 Å². The van der Waals surface area contributed by atoms with Crippen molar-refractivity contribution in [1.82, 2.24) is 0 Å². The van der Waals surface area contributed by atoms with E-state index >= 15 is 0 Å². The Balaban J connectivity index is 2.08. The first-order valence-electron chi connectivity index (χ1n) is 8.65. The number of rotatable bonds is 10. The van der Waals surface area contributed by atoms with Gasteiger partial charge in [-0.25, -0.2) is 0 Å². The van der Waals surface area contributed by atoms with Crippen molar-refractivity contribution in [3.05, 3.63) is 29.3 Å². The number of hydrogen-bond acceptors (Lipinski definition) is 2. The lowest BCUT2D eigenvalue weighted by molar-refractivity contribution is 0.269. The Kier molecular flexibility index (Phi) is 10.1. The quantitative estimate of drug-likeness (QED) is 0.485. The Hall–Kier alpha value is -0.960. The van der Waals surface area contributed by atoms with Gasteiger partial charge in [-0.2, -0.15) is 0 Å². The topological polar surface area (TPSA) is 29.1 Å². The van der Waals surface area contributed by atoms with Crippen molar-refractivity contribution in [3.8, 4) is 0 Å². The van der Waals surface area contributed by atoms with E-state index in [2.05, 4.69) is 25.2 Å². The molecule has 0 unspecified atom stereocenters. The SMILES string of the molecule is CCCCCCCCCCSC(=O)Nc1cccc(C)c1C. The van der Waals surface area contributed by atoms with Gasteiger partial charge in [0.2, 0.25) is 0 Å². The van der Waals surface area contributed by atoms with Crippen molar-refractivity contribution in [1.29, 1.82) is 0 Å². The smallest absolute Gasteiger partial charge is 0.283 e. The molecule has 0 atom stereocenters. The molecule has 2 nitrogen and oxygen atoms in total. The summed E-state index contributed by atoms with van der Waals surface area (Å²) in [6.45, 7) is 6.37. The molecule has 0 spiro atoms. The van der Waals surface area contributed by atoms with Gasteiger partial charge in [0.1, 0.15) is 0 Å². The number of benzene rings is 1. The lowest BCUT2D eigenvalue weighted by atomic mass is 10.1. The van der Waals surface area contributed by atoms with Gasteiger partial charge in [-0.05, 0) is 37.5 Å². The van der Waals surface area contributed by atoms with Crippen LogP contribution in [0, 0.1) is 13.8 Å². The van der Waals surface area contributed by atoms with E-state index in [4.69, 9.17) is 0 Å². The highest BCUT2D eigenvalue weighted by Gasteiger charge is 2.06. The number of amides is 1. The normalized spacial score (nSPS) is 10.7. The fourth-order valence-electron chi connectivity index (χ4n) is 2.43. The average molecular weight is 322 g/mol. The zero-order valence-electron chi connectivity index (χ0n) is 14.4. The van der Waals surface area contributed by atoms with Gasteiger partial charge in [0.25, 0.3) is 5.24 Å². The summed E-state index contributed by atoms with van der Waals surface area (Å²) in [5, 5.41) is 3.07. The summed E-state index contributed by atoms with van der Waals surface area (Å²) in [6, 6.07) is 6.02. The molecule has 0 fully saturated rings. The molecule has 0 saturated carbocycles. The largest absolute Gasteiger partial charge is 0.317 e.